The Kier molecular flexibility index (Phi) is 5.58. The van der Waals surface area contributed by atoms with Gasteiger partial charge in [-0.3, -0.25) is 14.5 Å². The van der Waals surface area contributed by atoms with Gasteiger partial charge in [0.15, 0.2) is 5.01 Å². The van der Waals surface area contributed by atoms with Crippen LogP contribution in [0.3, 0.4) is 0 Å². The molecular weight excluding hydrogens is 465 g/mol. The van der Waals surface area contributed by atoms with Crippen molar-refractivity contribution in [1.82, 2.24) is 24.3 Å². The van der Waals surface area contributed by atoms with Crippen LogP contribution in [0.4, 0.5) is 4.39 Å². The van der Waals surface area contributed by atoms with E-state index in [1.165, 1.54) is 23.5 Å². The highest BCUT2D eigenvalue weighted by atomic mass is 32.1. The summed E-state index contributed by atoms with van der Waals surface area (Å²) < 4.78 is 15.3. The Hall–Kier alpha value is -3.56. The molecule has 0 bridgehead atoms. The van der Waals surface area contributed by atoms with Gasteiger partial charge in [0.05, 0.1) is 5.52 Å². The highest BCUT2D eigenvalue weighted by Gasteiger charge is 2.37. The Balaban J connectivity index is 1.10. The average Bonchev–Trinajstić information content (AvgIpc) is 3.54. The molecule has 7 nitrogen and oxygen atoms in total. The number of fused-ring (bicyclic) bond motifs is 1. The Morgan fingerprint density at radius 3 is 2.40 bits per heavy atom. The van der Waals surface area contributed by atoms with E-state index in [0.717, 1.165) is 29.7 Å². The smallest absolute Gasteiger partial charge is 0.282 e. The van der Waals surface area contributed by atoms with E-state index >= 15 is 0 Å². The number of hydrogen-bond donors (Lipinski definition) is 0. The minimum Gasteiger partial charge on any atom is -0.335 e. The van der Waals surface area contributed by atoms with Gasteiger partial charge in [-0.25, -0.2) is 9.37 Å². The molecule has 0 saturated carbocycles. The molecule has 0 N–H and O–H groups in total. The quantitative estimate of drug-likeness (QED) is 0.440. The predicted octanol–water partition coefficient (Wildman–Crippen LogP) is 3.51. The highest BCUT2D eigenvalue weighted by molar-refractivity contribution is 7.11. The van der Waals surface area contributed by atoms with E-state index in [0.29, 0.717) is 42.8 Å². The lowest BCUT2D eigenvalue weighted by molar-refractivity contribution is 0.00864. The van der Waals surface area contributed by atoms with Gasteiger partial charge in [0.25, 0.3) is 11.8 Å². The lowest BCUT2D eigenvalue weighted by Crippen LogP contribution is -2.64. The third-order valence-corrected chi connectivity index (χ3v) is 7.71. The van der Waals surface area contributed by atoms with Crippen LogP contribution >= 0.6 is 11.3 Å². The monoisotopic (exact) mass is 489 g/mol. The van der Waals surface area contributed by atoms with Crippen LogP contribution in [0.1, 0.15) is 20.2 Å². The van der Waals surface area contributed by atoms with Gasteiger partial charge in [-0.1, -0.05) is 6.07 Å². The number of halogens is 1. The lowest BCUT2D eigenvalue weighted by atomic mass is 10.0. The highest BCUT2D eigenvalue weighted by Crippen LogP contribution is 2.27. The fraction of sp³-hybridized carbons (Fsp3) is 0.269. The number of benzene rings is 2. The fourth-order valence-corrected chi connectivity index (χ4v) is 5.56. The second-order valence-corrected chi connectivity index (χ2v) is 9.82. The molecule has 0 spiro atoms. The zero-order valence-corrected chi connectivity index (χ0v) is 19.8. The van der Waals surface area contributed by atoms with E-state index in [1.54, 1.807) is 18.3 Å². The SMILES string of the molecule is O=C(c1nccs1)N1CCN(C2CN(C(=O)c3cccc4c3ccn4-c3ccc(F)cc3)C2)CC1. The van der Waals surface area contributed by atoms with Crippen LogP contribution in [0, 0.1) is 5.82 Å². The zero-order valence-electron chi connectivity index (χ0n) is 19.0. The van der Waals surface area contributed by atoms with E-state index in [2.05, 4.69) is 9.88 Å². The van der Waals surface area contributed by atoms with Crippen LogP contribution < -0.4 is 0 Å². The minimum atomic E-state index is -0.277. The van der Waals surface area contributed by atoms with Crippen molar-refractivity contribution >= 4 is 34.1 Å². The molecule has 0 unspecified atom stereocenters. The number of amides is 2. The topological polar surface area (TPSA) is 61.7 Å². The maximum atomic E-state index is 13.3. The van der Waals surface area contributed by atoms with Gasteiger partial charge in [-0.05, 0) is 42.5 Å². The molecule has 0 aliphatic carbocycles. The number of likely N-dealkylation sites (tertiary alicyclic amines) is 1. The first-order valence-corrected chi connectivity index (χ1v) is 12.5. The molecule has 2 aliphatic heterocycles. The molecule has 2 aromatic carbocycles. The van der Waals surface area contributed by atoms with E-state index in [-0.39, 0.29) is 17.6 Å². The van der Waals surface area contributed by atoms with Crippen molar-refractivity contribution in [2.45, 2.75) is 6.04 Å². The molecule has 35 heavy (non-hydrogen) atoms. The van der Waals surface area contributed by atoms with Gasteiger partial charge in [-0.15, -0.1) is 11.3 Å². The Bertz CT molecular complexity index is 1370. The standard InChI is InChI=1S/C26H24FN5O2S/c27-18-4-6-19(7-5-18)32-10-8-21-22(2-1-3-23(21)32)25(33)31-16-20(17-31)29-11-13-30(14-12-29)26(34)24-28-9-15-35-24/h1-10,15,20H,11-14,16-17H2. The lowest BCUT2D eigenvalue weighted by Gasteiger charge is -2.48. The van der Waals surface area contributed by atoms with Crippen molar-refractivity contribution in [2.24, 2.45) is 0 Å². The summed E-state index contributed by atoms with van der Waals surface area (Å²) in [6.07, 6.45) is 3.58. The second-order valence-electron chi connectivity index (χ2n) is 8.93. The van der Waals surface area contributed by atoms with Crippen molar-refractivity contribution < 1.29 is 14.0 Å². The van der Waals surface area contributed by atoms with Gasteiger partial charge in [0.2, 0.25) is 0 Å². The number of aromatic nitrogens is 2. The normalized spacial score (nSPS) is 17.1. The molecule has 0 radical (unpaired) electrons. The molecule has 0 atom stereocenters. The van der Waals surface area contributed by atoms with Gasteiger partial charge in [0, 0.05) is 79.7 Å². The molecule has 4 aromatic rings. The van der Waals surface area contributed by atoms with Gasteiger partial charge < -0.3 is 14.4 Å². The van der Waals surface area contributed by atoms with E-state index < -0.39 is 0 Å². The van der Waals surface area contributed by atoms with Crippen molar-refractivity contribution in [3.05, 3.63) is 82.7 Å². The van der Waals surface area contributed by atoms with Crippen LogP contribution in [-0.2, 0) is 0 Å². The molecule has 2 amide bonds. The Morgan fingerprint density at radius 1 is 0.914 bits per heavy atom. The van der Waals surface area contributed by atoms with Crippen molar-refractivity contribution in [1.29, 1.82) is 0 Å². The van der Waals surface area contributed by atoms with Gasteiger partial charge in [0.1, 0.15) is 5.82 Å². The summed E-state index contributed by atoms with van der Waals surface area (Å²) in [4.78, 5) is 36.1. The van der Waals surface area contributed by atoms with Crippen molar-refractivity contribution in [3.8, 4) is 5.69 Å². The average molecular weight is 490 g/mol. The van der Waals surface area contributed by atoms with Crippen LogP contribution in [0.15, 0.2) is 66.3 Å². The van der Waals surface area contributed by atoms with E-state index in [9.17, 15) is 14.0 Å². The Labute approximate surface area is 206 Å². The predicted molar refractivity (Wildman–Crippen MR) is 133 cm³/mol. The van der Waals surface area contributed by atoms with Crippen LogP contribution in [0.25, 0.3) is 16.6 Å². The third kappa shape index (κ3) is 4.00. The summed E-state index contributed by atoms with van der Waals surface area (Å²) >= 11 is 1.37. The molecule has 9 heteroatoms. The number of rotatable bonds is 4. The summed E-state index contributed by atoms with van der Waals surface area (Å²) in [7, 11) is 0. The summed E-state index contributed by atoms with van der Waals surface area (Å²) in [5.74, 6) is -0.243. The number of thiazole rings is 1. The zero-order chi connectivity index (χ0) is 23.9. The van der Waals surface area contributed by atoms with Gasteiger partial charge in [-0.2, -0.15) is 0 Å². The van der Waals surface area contributed by atoms with Crippen molar-refractivity contribution in [2.75, 3.05) is 39.3 Å². The first kappa shape index (κ1) is 21.9. The maximum absolute atomic E-state index is 13.3. The van der Waals surface area contributed by atoms with Crippen molar-refractivity contribution in [3.63, 3.8) is 0 Å². The number of nitrogens with zero attached hydrogens (tertiary/aromatic N) is 5. The molecule has 6 rings (SSSR count). The summed E-state index contributed by atoms with van der Waals surface area (Å²) in [5.41, 5.74) is 2.45. The molecule has 2 aromatic heterocycles. The number of hydrogen-bond acceptors (Lipinski definition) is 5. The number of carbonyl (C=O) groups excluding carboxylic acids is 2. The first-order valence-electron chi connectivity index (χ1n) is 11.7. The molecule has 2 aliphatic rings. The van der Waals surface area contributed by atoms with Crippen LogP contribution in [-0.4, -0.2) is 81.4 Å². The molecule has 2 fully saturated rings. The summed E-state index contributed by atoms with van der Waals surface area (Å²) in [6, 6.07) is 14.3. The molecular formula is C26H24FN5O2S. The third-order valence-electron chi connectivity index (χ3n) is 6.95. The molecule has 178 valence electrons. The largest absolute Gasteiger partial charge is 0.335 e. The summed E-state index contributed by atoms with van der Waals surface area (Å²) in [5, 5.41) is 3.25. The maximum Gasteiger partial charge on any atom is 0.282 e. The van der Waals surface area contributed by atoms with Crippen LogP contribution in [0.5, 0.6) is 0 Å². The molecule has 2 saturated heterocycles. The number of carbonyl (C=O) groups is 2. The minimum absolute atomic E-state index is 0.00531. The summed E-state index contributed by atoms with van der Waals surface area (Å²) in [6.45, 7) is 4.35. The Morgan fingerprint density at radius 2 is 1.69 bits per heavy atom. The first-order chi connectivity index (χ1) is 17.1. The van der Waals surface area contributed by atoms with Gasteiger partial charge >= 0.3 is 0 Å². The molecule has 4 heterocycles. The number of piperazine rings is 1. The van der Waals surface area contributed by atoms with E-state index in [4.69, 9.17) is 0 Å². The fourth-order valence-electron chi connectivity index (χ4n) is 4.96. The van der Waals surface area contributed by atoms with Crippen LogP contribution in [0.2, 0.25) is 0 Å². The second kappa shape index (κ2) is 8.90. The van der Waals surface area contributed by atoms with E-state index in [1.807, 2.05) is 50.2 Å².